The fourth-order valence-corrected chi connectivity index (χ4v) is 2.94. The zero-order valence-electron chi connectivity index (χ0n) is 12.5. The summed E-state index contributed by atoms with van der Waals surface area (Å²) in [5.41, 5.74) is 2.58. The monoisotopic (exact) mass is 350 g/mol. The largest absolute Gasteiger partial charge is 0.497 e. The number of aryl methyl sites for hydroxylation is 2. The lowest BCUT2D eigenvalue weighted by atomic mass is 10.1. The third kappa shape index (κ3) is 3.35. The molecule has 112 valence electrons. The van der Waals surface area contributed by atoms with Gasteiger partial charge < -0.3 is 4.74 Å². The first kappa shape index (κ1) is 15.8. The SMILES string of the molecule is CCc1nn(CC)c(CC(=O)c2cccc(OC)c2)c1Br. The second-order valence-corrected chi connectivity index (χ2v) is 5.50. The highest BCUT2D eigenvalue weighted by Crippen LogP contribution is 2.24. The molecule has 21 heavy (non-hydrogen) atoms. The van der Waals surface area contributed by atoms with Gasteiger partial charge in [0, 0.05) is 12.1 Å². The highest BCUT2D eigenvalue weighted by molar-refractivity contribution is 9.10. The van der Waals surface area contributed by atoms with Crippen LogP contribution in [0.3, 0.4) is 0 Å². The maximum absolute atomic E-state index is 12.5. The van der Waals surface area contributed by atoms with Crippen molar-refractivity contribution in [2.45, 2.75) is 33.2 Å². The lowest BCUT2D eigenvalue weighted by molar-refractivity contribution is 0.0990. The van der Waals surface area contributed by atoms with Gasteiger partial charge in [0.2, 0.25) is 0 Å². The summed E-state index contributed by atoms with van der Waals surface area (Å²) in [7, 11) is 1.60. The predicted molar refractivity (Wildman–Crippen MR) is 86.0 cm³/mol. The number of aromatic nitrogens is 2. The normalized spacial score (nSPS) is 10.7. The first-order valence-corrected chi connectivity index (χ1v) is 7.81. The van der Waals surface area contributed by atoms with E-state index >= 15 is 0 Å². The smallest absolute Gasteiger partial charge is 0.168 e. The van der Waals surface area contributed by atoms with E-state index in [0.29, 0.717) is 17.7 Å². The molecule has 0 aliphatic heterocycles. The van der Waals surface area contributed by atoms with Gasteiger partial charge >= 0.3 is 0 Å². The van der Waals surface area contributed by atoms with Crippen molar-refractivity contribution in [3.63, 3.8) is 0 Å². The lowest BCUT2D eigenvalue weighted by Gasteiger charge is -2.06. The van der Waals surface area contributed by atoms with Crippen LogP contribution in [0.25, 0.3) is 0 Å². The minimum absolute atomic E-state index is 0.0619. The summed E-state index contributed by atoms with van der Waals surface area (Å²) < 4.78 is 8.00. The molecule has 0 unspecified atom stereocenters. The Labute approximate surface area is 133 Å². The minimum Gasteiger partial charge on any atom is -0.497 e. The van der Waals surface area contributed by atoms with Crippen molar-refractivity contribution in [1.82, 2.24) is 9.78 Å². The molecule has 4 nitrogen and oxygen atoms in total. The van der Waals surface area contributed by atoms with Crippen LogP contribution in [0, 0.1) is 0 Å². The number of ketones is 1. The Morgan fingerprint density at radius 1 is 1.38 bits per heavy atom. The Kier molecular flexibility index (Phi) is 5.17. The van der Waals surface area contributed by atoms with Crippen molar-refractivity contribution in [2.24, 2.45) is 0 Å². The van der Waals surface area contributed by atoms with Crippen LogP contribution in [-0.2, 0) is 19.4 Å². The number of hydrogen-bond donors (Lipinski definition) is 0. The number of carbonyl (C=O) groups excluding carboxylic acids is 1. The number of rotatable bonds is 6. The Morgan fingerprint density at radius 3 is 2.76 bits per heavy atom. The van der Waals surface area contributed by atoms with E-state index in [9.17, 15) is 4.79 Å². The molecule has 0 bridgehead atoms. The van der Waals surface area contributed by atoms with Crippen LogP contribution in [-0.4, -0.2) is 22.7 Å². The van der Waals surface area contributed by atoms with E-state index in [1.807, 2.05) is 29.8 Å². The molecule has 0 fully saturated rings. The zero-order valence-corrected chi connectivity index (χ0v) is 14.1. The van der Waals surface area contributed by atoms with Crippen LogP contribution in [0.15, 0.2) is 28.7 Å². The molecule has 5 heteroatoms. The van der Waals surface area contributed by atoms with Crippen LogP contribution < -0.4 is 4.74 Å². The van der Waals surface area contributed by atoms with E-state index in [1.165, 1.54) is 0 Å². The number of carbonyl (C=O) groups is 1. The van der Waals surface area contributed by atoms with Gasteiger partial charge in [0.05, 0.1) is 29.4 Å². The third-order valence-electron chi connectivity index (χ3n) is 3.41. The average molecular weight is 351 g/mol. The van der Waals surface area contributed by atoms with Gasteiger partial charge in [-0.2, -0.15) is 5.10 Å². The second kappa shape index (κ2) is 6.89. The molecule has 0 N–H and O–H groups in total. The first-order chi connectivity index (χ1) is 10.1. The third-order valence-corrected chi connectivity index (χ3v) is 4.33. The van der Waals surface area contributed by atoms with Crippen molar-refractivity contribution in [1.29, 1.82) is 0 Å². The molecule has 1 aromatic carbocycles. The maximum atomic E-state index is 12.5. The first-order valence-electron chi connectivity index (χ1n) is 7.02. The Balaban J connectivity index is 2.28. The van der Waals surface area contributed by atoms with Crippen LogP contribution in [0.5, 0.6) is 5.75 Å². The van der Waals surface area contributed by atoms with Crippen molar-refractivity contribution < 1.29 is 9.53 Å². The molecule has 0 aliphatic carbocycles. The summed E-state index contributed by atoms with van der Waals surface area (Å²) in [6.45, 7) is 4.83. The summed E-state index contributed by atoms with van der Waals surface area (Å²) in [5.74, 6) is 0.755. The number of ether oxygens (including phenoxy) is 1. The zero-order chi connectivity index (χ0) is 15.4. The molecule has 0 atom stereocenters. The van der Waals surface area contributed by atoms with Crippen LogP contribution in [0.4, 0.5) is 0 Å². The highest BCUT2D eigenvalue weighted by atomic mass is 79.9. The van der Waals surface area contributed by atoms with E-state index in [1.54, 1.807) is 13.2 Å². The Hall–Kier alpha value is -1.62. The molecular weight excluding hydrogens is 332 g/mol. The fourth-order valence-electron chi connectivity index (χ4n) is 2.24. The molecule has 2 rings (SSSR count). The number of Topliss-reactive ketones (excluding diaryl/α,β-unsaturated/α-hetero) is 1. The second-order valence-electron chi connectivity index (χ2n) is 4.71. The average Bonchev–Trinajstić information content (AvgIpc) is 2.83. The topological polar surface area (TPSA) is 44.1 Å². The van der Waals surface area contributed by atoms with Crippen molar-refractivity contribution in [2.75, 3.05) is 7.11 Å². The number of halogens is 1. The summed E-state index contributed by atoms with van der Waals surface area (Å²) in [4.78, 5) is 12.5. The molecule has 1 aromatic heterocycles. The standard InChI is InChI=1S/C16H19BrN2O2/c1-4-13-16(17)14(19(5-2)18-13)10-15(20)11-7-6-8-12(9-11)21-3/h6-9H,4-5,10H2,1-3H3. The van der Waals surface area contributed by atoms with E-state index in [0.717, 1.165) is 28.8 Å². The summed E-state index contributed by atoms with van der Waals surface area (Å²) in [6, 6.07) is 7.24. The quantitative estimate of drug-likeness (QED) is 0.746. The highest BCUT2D eigenvalue weighted by Gasteiger charge is 2.18. The lowest BCUT2D eigenvalue weighted by Crippen LogP contribution is -2.10. The minimum atomic E-state index is 0.0619. The number of hydrogen-bond acceptors (Lipinski definition) is 3. The van der Waals surface area contributed by atoms with Gasteiger partial charge in [-0.25, -0.2) is 0 Å². The van der Waals surface area contributed by atoms with Gasteiger partial charge in [-0.1, -0.05) is 19.1 Å². The van der Waals surface area contributed by atoms with Crippen molar-refractivity contribution >= 4 is 21.7 Å². The van der Waals surface area contributed by atoms with E-state index in [2.05, 4.69) is 28.0 Å². The van der Waals surface area contributed by atoms with Gasteiger partial charge in [0.25, 0.3) is 0 Å². The molecule has 2 aromatic rings. The van der Waals surface area contributed by atoms with Gasteiger partial charge in [0.1, 0.15) is 5.75 Å². The summed E-state index contributed by atoms with van der Waals surface area (Å²) in [6.07, 6.45) is 1.17. The molecule has 0 spiro atoms. The maximum Gasteiger partial charge on any atom is 0.168 e. The molecule has 0 aliphatic rings. The summed E-state index contributed by atoms with van der Waals surface area (Å²) >= 11 is 3.57. The van der Waals surface area contributed by atoms with Crippen molar-refractivity contribution in [3.8, 4) is 5.75 Å². The van der Waals surface area contributed by atoms with Gasteiger partial charge in [-0.05, 0) is 41.4 Å². The summed E-state index contributed by atoms with van der Waals surface area (Å²) in [5, 5.41) is 4.52. The molecular formula is C16H19BrN2O2. The van der Waals surface area contributed by atoms with Gasteiger partial charge in [-0.15, -0.1) is 0 Å². The predicted octanol–water partition coefficient (Wildman–Crippen LogP) is 3.66. The van der Waals surface area contributed by atoms with Gasteiger partial charge in [0.15, 0.2) is 5.78 Å². The number of methoxy groups -OCH3 is 1. The van der Waals surface area contributed by atoms with E-state index in [4.69, 9.17) is 4.74 Å². The van der Waals surface area contributed by atoms with E-state index < -0.39 is 0 Å². The molecule has 0 amide bonds. The molecule has 0 saturated carbocycles. The van der Waals surface area contributed by atoms with Gasteiger partial charge in [-0.3, -0.25) is 9.48 Å². The Morgan fingerprint density at radius 2 is 2.14 bits per heavy atom. The number of nitrogens with zero attached hydrogens (tertiary/aromatic N) is 2. The number of benzene rings is 1. The molecule has 0 saturated heterocycles. The Bertz CT molecular complexity index is 650. The molecule has 0 radical (unpaired) electrons. The molecule has 1 heterocycles. The van der Waals surface area contributed by atoms with Crippen LogP contribution in [0.1, 0.15) is 35.6 Å². The van der Waals surface area contributed by atoms with Crippen LogP contribution >= 0.6 is 15.9 Å². The fraction of sp³-hybridized carbons (Fsp3) is 0.375. The van der Waals surface area contributed by atoms with Crippen LogP contribution in [0.2, 0.25) is 0 Å². The van der Waals surface area contributed by atoms with Crippen molar-refractivity contribution in [3.05, 3.63) is 45.7 Å². The van der Waals surface area contributed by atoms with E-state index in [-0.39, 0.29) is 5.78 Å².